The maximum absolute atomic E-state index is 13.5. The summed E-state index contributed by atoms with van der Waals surface area (Å²) in [6.07, 6.45) is -1.10. The molecule has 1 atom stereocenters. The Morgan fingerprint density at radius 1 is 1.07 bits per heavy atom. The van der Waals surface area contributed by atoms with E-state index in [9.17, 15) is 18.8 Å². The van der Waals surface area contributed by atoms with Gasteiger partial charge in [0.15, 0.2) is 17.7 Å². The molecule has 0 bridgehead atoms. The number of carbonyl (C=O) groups is 3. The fourth-order valence-electron chi connectivity index (χ4n) is 2.11. The predicted molar refractivity (Wildman–Crippen MR) is 101 cm³/mol. The number of hydrogen-bond acceptors (Lipinski definition) is 4. The second-order valence-corrected chi connectivity index (χ2v) is 6.12. The number of hydrazine groups is 1. The minimum absolute atomic E-state index is 0.0487. The van der Waals surface area contributed by atoms with E-state index >= 15 is 0 Å². The van der Waals surface area contributed by atoms with Gasteiger partial charge in [-0.05, 0) is 31.2 Å². The van der Waals surface area contributed by atoms with E-state index in [1.54, 1.807) is 30.3 Å². The lowest BCUT2D eigenvalue weighted by molar-refractivity contribution is -0.132. The van der Waals surface area contributed by atoms with E-state index in [-0.39, 0.29) is 18.7 Å². The van der Waals surface area contributed by atoms with Crippen molar-refractivity contribution in [1.82, 2.24) is 16.2 Å². The van der Waals surface area contributed by atoms with Crippen LogP contribution in [0.15, 0.2) is 48.5 Å². The molecule has 0 aliphatic rings. The van der Waals surface area contributed by atoms with Crippen LogP contribution in [-0.2, 0) is 9.59 Å². The number of nitrogens with one attached hydrogen (secondary N) is 3. The van der Waals surface area contributed by atoms with E-state index < -0.39 is 29.6 Å². The average Bonchev–Trinajstić information content (AvgIpc) is 2.68. The molecular formula is C19H19ClFN3O4. The minimum atomic E-state index is -1.03. The first-order valence-corrected chi connectivity index (χ1v) is 8.79. The van der Waals surface area contributed by atoms with Crippen molar-refractivity contribution < 1.29 is 23.5 Å². The molecule has 28 heavy (non-hydrogen) atoms. The Balaban J connectivity index is 1.70. The zero-order valence-corrected chi connectivity index (χ0v) is 15.8. The normalized spacial score (nSPS) is 11.2. The Labute approximate surface area is 166 Å². The average molecular weight is 408 g/mol. The second-order valence-electron chi connectivity index (χ2n) is 5.71. The fourth-order valence-corrected chi connectivity index (χ4v) is 2.33. The van der Waals surface area contributed by atoms with E-state index in [1.165, 1.54) is 25.1 Å². The van der Waals surface area contributed by atoms with Crippen LogP contribution in [0.4, 0.5) is 4.39 Å². The van der Waals surface area contributed by atoms with Gasteiger partial charge in [-0.2, -0.15) is 0 Å². The fraction of sp³-hybridized carbons (Fsp3) is 0.211. The summed E-state index contributed by atoms with van der Waals surface area (Å²) in [7, 11) is 0. The molecule has 2 rings (SSSR count). The highest BCUT2D eigenvalue weighted by Gasteiger charge is 2.17. The molecule has 2 aromatic rings. The van der Waals surface area contributed by atoms with Crippen molar-refractivity contribution in [3.8, 4) is 5.75 Å². The molecular weight excluding hydrogens is 389 g/mol. The number of amides is 3. The Morgan fingerprint density at radius 3 is 2.46 bits per heavy atom. The highest BCUT2D eigenvalue weighted by Crippen LogP contribution is 2.17. The maximum atomic E-state index is 13.5. The van der Waals surface area contributed by atoms with Crippen molar-refractivity contribution in [1.29, 1.82) is 0 Å². The molecule has 148 valence electrons. The van der Waals surface area contributed by atoms with Gasteiger partial charge in [0, 0.05) is 13.0 Å². The van der Waals surface area contributed by atoms with Crippen LogP contribution in [0.3, 0.4) is 0 Å². The number of rotatable bonds is 7. The van der Waals surface area contributed by atoms with Crippen molar-refractivity contribution in [2.75, 3.05) is 6.54 Å². The lowest BCUT2D eigenvalue weighted by atomic mass is 10.2. The summed E-state index contributed by atoms with van der Waals surface area (Å²) >= 11 is 5.92. The minimum Gasteiger partial charge on any atom is -0.478 e. The summed E-state index contributed by atoms with van der Waals surface area (Å²) in [5.41, 5.74) is 4.68. The number of para-hydroxylation sites is 1. The Hall–Kier alpha value is -3.13. The van der Waals surface area contributed by atoms with Crippen LogP contribution in [0.2, 0.25) is 5.02 Å². The summed E-state index contributed by atoms with van der Waals surface area (Å²) in [6, 6.07) is 12.2. The van der Waals surface area contributed by atoms with Gasteiger partial charge in [-0.15, -0.1) is 0 Å². The summed E-state index contributed by atoms with van der Waals surface area (Å²) in [5.74, 6) is -2.25. The van der Waals surface area contributed by atoms with Crippen molar-refractivity contribution in [2.24, 2.45) is 0 Å². The quantitative estimate of drug-likeness (QED) is 0.613. The van der Waals surface area contributed by atoms with Gasteiger partial charge in [0.05, 0.1) is 10.6 Å². The molecule has 3 amide bonds. The molecule has 0 spiro atoms. The van der Waals surface area contributed by atoms with Gasteiger partial charge in [-0.25, -0.2) is 4.39 Å². The largest absolute Gasteiger partial charge is 0.478 e. The van der Waals surface area contributed by atoms with Crippen LogP contribution in [0.1, 0.15) is 23.7 Å². The molecule has 0 unspecified atom stereocenters. The third-order valence-electron chi connectivity index (χ3n) is 3.59. The predicted octanol–water partition coefficient (Wildman–Crippen LogP) is 2.21. The zero-order valence-electron chi connectivity index (χ0n) is 15.0. The lowest BCUT2D eigenvalue weighted by Gasteiger charge is -2.15. The van der Waals surface area contributed by atoms with Crippen molar-refractivity contribution in [2.45, 2.75) is 19.4 Å². The first-order chi connectivity index (χ1) is 13.4. The van der Waals surface area contributed by atoms with Crippen molar-refractivity contribution >= 4 is 29.3 Å². The van der Waals surface area contributed by atoms with E-state index in [0.717, 1.165) is 0 Å². The standard InChI is InChI=1S/C19H19ClFN3O4/c1-12(28-16-9-5-4-8-15(16)21)18(26)24-23-17(25)10-11-22-19(27)13-6-2-3-7-14(13)20/h2-9,12H,10-11H2,1H3,(H,22,27)(H,23,25)(H,24,26)/t12-/m0/s1. The van der Waals surface area contributed by atoms with Crippen LogP contribution in [0.5, 0.6) is 5.75 Å². The van der Waals surface area contributed by atoms with Crippen molar-refractivity contribution in [3.05, 3.63) is 64.9 Å². The number of carbonyl (C=O) groups excluding carboxylic acids is 3. The number of hydrogen-bond donors (Lipinski definition) is 3. The molecule has 7 nitrogen and oxygen atoms in total. The van der Waals surface area contributed by atoms with Crippen LogP contribution in [-0.4, -0.2) is 30.4 Å². The number of ether oxygens (including phenoxy) is 1. The first kappa shape index (κ1) is 21.2. The van der Waals surface area contributed by atoms with Gasteiger partial charge in [-0.3, -0.25) is 25.2 Å². The van der Waals surface area contributed by atoms with E-state index in [4.69, 9.17) is 16.3 Å². The van der Waals surface area contributed by atoms with Gasteiger partial charge < -0.3 is 10.1 Å². The summed E-state index contributed by atoms with van der Waals surface area (Å²) in [6.45, 7) is 1.46. The lowest BCUT2D eigenvalue weighted by Crippen LogP contribution is -2.47. The molecule has 0 aromatic heterocycles. The smallest absolute Gasteiger partial charge is 0.279 e. The van der Waals surface area contributed by atoms with E-state index in [0.29, 0.717) is 10.6 Å². The molecule has 3 N–H and O–H groups in total. The molecule has 0 radical (unpaired) electrons. The van der Waals surface area contributed by atoms with Gasteiger partial charge in [0.25, 0.3) is 11.8 Å². The Bertz CT molecular complexity index is 863. The van der Waals surface area contributed by atoms with E-state index in [2.05, 4.69) is 16.2 Å². The van der Waals surface area contributed by atoms with Crippen LogP contribution in [0.25, 0.3) is 0 Å². The maximum Gasteiger partial charge on any atom is 0.279 e. The highest BCUT2D eigenvalue weighted by atomic mass is 35.5. The Morgan fingerprint density at radius 2 is 1.75 bits per heavy atom. The third kappa shape index (κ3) is 6.24. The highest BCUT2D eigenvalue weighted by molar-refractivity contribution is 6.33. The van der Waals surface area contributed by atoms with Crippen LogP contribution < -0.4 is 20.9 Å². The third-order valence-corrected chi connectivity index (χ3v) is 3.92. The SMILES string of the molecule is C[C@H](Oc1ccccc1F)C(=O)NNC(=O)CCNC(=O)c1ccccc1Cl. The number of benzene rings is 2. The van der Waals surface area contributed by atoms with Gasteiger partial charge in [0.1, 0.15) is 0 Å². The molecule has 0 saturated carbocycles. The summed E-state index contributed by atoms with van der Waals surface area (Å²) in [4.78, 5) is 35.6. The summed E-state index contributed by atoms with van der Waals surface area (Å²) in [5, 5.41) is 2.86. The van der Waals surface area contributed by atoms with Gasteiger partial charge >= 0.3 is 0 Å². The van der Waals surface area contributed by atoms with Crippen molar-refractivity contribution in [3.63, 3.8) is 0 Å². The first-order valence-electron chi connectivity index (χ1n) is 8.41. The molecule has 0 fully saturated rings. The summed E-state index contributed by atoms with van der Waals surface area (Å²) < 4.78 is 18.7. The topological polar surface area (TPSA) is 96.5 Å². The molecule has 2 aromatic carbocycles. The second kappa shape index (κ2) is 10.3. The number of halogens is 2. The molecule has 0 saturated heterocycles. The molecule has 9 heteroatoms. The van der Waals surface area contributed by atoms with Crippen LogP contribution in [0, 0.1) is 5.82 Å². The Kier molecular flexibility index (Phi) is 7.76. The van der Waals surface area contributed by atoms with Gasteiger partial charge in [-0.1, -0.05) is 35.9 Å². The molecule has 0 aliphatic heterocycles. The molecule has 0 aliphatic carbocycles. The van der Waals surface area contributed by atoms with E-state index in [1.807, 2.05) is 0 Å². The monoisotopic (exact) mass is 407 g/mol. The zero-order chi connectivity index (χ0) is 20.5. The molecule has 0 heterocycles. The van der Waals surface area contributed by atoms with Crippen LogP contribution >= 0.6 is 11.6 Å². The van der Waals surface area contributed by atoms with Gasteiger partial charge in [0.2, 0.25) is 5.91 Å².